The van der Waals surface area contributed by atoms with Crippen LogP contribution in [-0.4, -0.2) is 59.8 Å². The second-order valence-electron chi connectivity index (χ2n) is 13.6. The molecule has 6 rings (SSSR count). The number of aryl methyl sites for hydroxylation is 2. The van der Waals surface area contributed by atoms with Gasteiger partial charge in [0.2, 0.25) is 0 Å². The quantitative estimate of drug-likeness (QED) is 0.142. The molecule has 7 nitrogen and oxygen atoms in total. The lowest BCUT2D eigenvalue weighted by atomic mass is 9.84. The minimum atomic E-state index is -4.73. The van der Waals surface area contributed by atoms with Crippen molar-refractivity contribution in [2.45, 2.75) is 70.9 Å². The Labute approximate surface area is 286 Å². The molecule has 49 heavy (non-hydrogen) atoms. The average molecular weight is 673 g/mol. The SMILES string of the molecule is Cc1cc(-c2cc[n+]([O-])cc2)cc(C)c1C(=O)N1CCC(C)(N2CCC(N(Cc3ccccc3)c3ccc(OC(F)(F)F)cc3)CC2)CC1. The highest BCUT2D eigenvalue weighted by Crippen LogP contribution is 2.36. The molecule has 2 aliphatic heterocycles. The summed E-state index contributed by atoms with van der Waals surface area (Å²) in [5.41, 5.74) is 6.51. The van der Waals surface area contributed by atoms with E-state index in [1.807, 2.05) is 49.1 Å². The van der Waals surface area contributed by atoms with Crippen LogP contribution in [-0.2, 0) is 6.54 Å². The van der Waals surface area contributed by atoms with E-state index in [0.29, 0.717) is 19.6 Å². The van der Waals surface area contributed by atoms with Gasteiger partial charge < -0.3 is 19.7 Å². The summed E-state index contributed by atoms with van der Waals surface area (Å²) in [5, 5.41) is 11.5. The lowest BCUT2D eigenvalue weighted by molar-refractivity contribution is -0.605. The highest BCUT2D eigenvalue weighted by atomic mass is 19.4. The predicted octanol–water partition coefficient (Wildman–Crippen LogP) is 7.67. The minimum absolute atomic E-state index is 0.0255. The summed E-state index contributed by atoms with van der Waals surface area (Å²) in [6.45, 7) is 10.1. The predicted molar refractivity (Wildman–Crippen MR) is 184 cm³/mol. The molecule has 2 fully saturated rings. The van der Waals surface area contributed by atoms with Crippen LogP contribution in [0.25, 0.3) is 11.1 Å². The van der Waals surface area contributed by atoms with Crippen molar-refractivity contribution in [3.8, 4) is 16.9 Å². The molecule has 1 amide bonds. The summed E-state index contributed by atoms with van der Waals surface area (Å²) in [7, 11) is 0. The van der Waals surface area contributed by atoms with E-state index in [1.54, 1.807) is 24.3 Å². The van der Waals surface area contributed by atoms with Crippen molar-refractivity contribution in [2.24, 2.45) is 0 Å². The molecule has 0 spiro atoms. The lowest BCUT2D eigenvalue weighted by Crippen LogP contribution is -2.58. The summed E-state index contributed by atoms with van der Waals surface area (Å²) in [6, 6.07) is 24.2. The fourth-order valence-corrected chi connectivity index (χ4v) is 7.51. The number of carbonyl (C=O) groups excluding carboxylic acids is 1. The zero-order valence-corrected chi connectivity index (χ0v) is 28.2. The molecule has 0 unspecified atom stereocenters. The van der Waals surface area contributed by atoms with E-state index >= 15 is 0 Å². The van der Waals surface area contributed by atoms with E-state index < -0.39 is 6.36 Å². The van der Waals surface area contributed by atoms with Crippen molar-refractivity contribution >= 4 is 11.6 Å². The number of nitrogens with zero attached hydrogens (tertiary/aromatic N) is 4. The van der Waals surface area contributed by atoms with Crippen LogP contribution in [0.5, 0.6) is 5.75 Å². The average Bonchev–Trinajstić information content (AvgIpc) is 3.08. The maximum atomic E-state index is 13.8. The van der Waals surface area contributed by atoms with Crippen LogP contribution in [0, 0.1) is 19.1 Å². The third-order valence-corrected chi connectivity index (χ3v) is 10.3. The Balaban J connectivity index is 1.09. The van der Waals surface area contributed by atoms with Crippen LogP contribution in [0.2, 0.25) is 0 Å². The van der Waals surface area contributed by atoms with Crippen molar-refractivity contribution in [3.63, 3.8) is 0 Å². The molecule has 3 heterocycles. The highest BCUT2D eigenvalue weighted by molar-refractivity contribution is 5.98. The Morgan fingerprint density at radius 3 is 2.06 bits per heavy atom. The number of benzene rings is 3. The number of hydrogen-bond acceptors (Lipinski definition) is 5. The van der Waals surface area contributed by atoms with Gasteiger partial charge in [0.1, 0.15) is 5.75 Å². The Morgan fingerprint density at radius 1 is 0.898 bits per heavy atom. The topological polar surface area (TPSA) is 63.0 Å². The third-order valence-electron chi connectivity index (χ3n) is 10.3. The fourth-order valence-electron chi connectivity index (χ4n) is 7.51. The first-order valence-electron chi connectivity index (χ1n) is 16.9. The van der Waals surface area contributed by atoms with Crippen molar-refractivity contribution in [1.82, 2.24) is 9.80 Å². The molecule has 10 heteroatoms. The van der Waals surface area contributed by atoms with Crippen molar-refractivity contribution in [3.05, 3.63) is 119 Å². The first kappa shape index (κ1) is 34.3. The maximum Gasteiger partial charge on any atom is 0.573 e. The van der Waals surface area contributed by atoms with Crippen LogP contribution < -0.4 is 14.4 Å². The van der Waals surface area contributed by atoms with Crippen LogP contribution >= 0.6 is 0 Å². The van der Waals surface area contributed by atoms with Crippen LogP contribution in [0.1, 0.15) is 59.7 Å². The maximum absolute atomic E-state index is 13.8. The number of alkyl halides is 3. The zero-order valence-electron chi connectivity index (χ0n) is 28.2. The Kier molecular flexibility index (Phi) is 9.88. The van der Waals surface area contributed by atoms with Gasteiger partial charge >= 0.3 is 6.36 Å². The fraction of sp³-hybridized carbons (Fsp3) is 0.385. The molecule has 258 valence electrons. The van der Waals surface area contributed by atoms with E-state index in [9.17, 15) is 23.2 Å². The second-order valence-corrected chi connectivity index (χ2v) is 13.6. The molecule has 0 saturated carbocycles. The number of pyridine rings is 1. The van der Waals surface area contributed by atoms with Crippen LogP contribution in [0.3, 0.4) is 0 Å². The van der Waals surface area contributed by atoms with Crippen LogP contribution in [0.4, 0.5) is 18.9 Å². The number of ether oxygens (including phenoxy) is 1. The normalized spacial score (nSPS) is 17.1. The number of piperidine rings is 2. The third kappa shape index (κ3) is 8.02. The molecule has 1 aromatic heterocycles. The summed E-state index contributed by atoms with van der Waals surface area (Å²) < 4.78 is 43.2. The summed E-state index contributed by atoms with van der Waals surface area (Å²) in [5.74, 6) is -0.159. The van der Waals surface area contributed by atoms with Crippen molar-refractivity contribution in [1.29, 1.82) is 0 Å². The second kappa shape index (κ2) is 14.1. The molecule has 2 saturated heterocycles. The number of anilines is 1. The van der Waals surface area contributed by atoms with E-state index in [0.717, 1.165) is 82.6 Å². The molecule has 0 atom stereocenters. The summed E-state index contributed by atoms with van der Waals surface area (Å²) in [6.07, 6.45) is 1.84. The van der Waals surface area contributed by atoms with Gasteiger partial charge in [-0.1, -0.05) is 42.5 Å². The Hall–Kier alpha value is -4.57. The number of carbonyl (C=O) groups is 1. The molecular formula is C39H43F3N4O3. The van der Waals surface area contributed by atoms with Gasteiger partial charge in [0.25, 0.3) is 5.91 Å². The van der Waals surface area contributed by atoms with Gasteiger partial charge in [-0.25, -0.2) is 0 Å². The van der Waals surface area contributed by atoms with Gasteiger partial charge in [-0.15, -0.1) is 13.2 Å². The summed E-state index contributed by atoms with van der Waals surface area (Å²) in [4.78, 5) is 20.7. The van der Waals surface area contributed by atoms with Crippen LogP contribution in [0.15, 0.2) is 91.3 Å². The lowest BCUT2D eigenvalue weighted by Gasteiger charge is -2.50. The van der Waals surface area contributed by atoms with Gasteiger partial charge in [-0.3, -0.25) is 9.69 Å². The molecule has 2 aliphatic rings. The number of hydrogen-bond donors (Lipinski definition) is 0. The number of aromatic nitrogens is 1. The van der Waals surface area contributed by atoms with Gasteiger partial charge in [0, 0.05) is 67.7 Å². The van der Waals surface area contributed by atoms with Gasteiger partial charge in [-0.2, -0.15) is 4.73 Å². The number of likely N-dealkylation sites (tertiary alicyclic amines) is 2. The standard InChI is InChI=1S/C39H43F3N4O3/c1-28-25-32(31-13-21-45(48)22-14-31)26-29(2)36(28)37(47)43-23-17-38(3,18-24-43)44-19-15-34(16-20-44)46(27-30-7-5-4-6-8-30)33-9-11-35(12-10-33)49-39(40,41)42/h4-14,21-22,25-26,34H,15-20,23-24,27H2,1-3H3. The van der Waals surface area contributed by atoms with Gasteiger partial charge in [0.05, 0.1) is 0 Å². The van der Waals surface area contributed by atoms with E-state index in [2.05, 4.69) is 33.6 Å². The molecule has 3 aromatic carbocycles. The van der Waals surface area contributed by atoms with Gasteiger partial charge in [0.15, 0.2) is 12.4 Å². The Bertz CT molecular complexity index is 1710. The molecule has 0 aliphatic carbocycles. The minimum Gasteiger partial charge on any atom is -0.619 e. The number of halogens is 3. The molecule has 4 aromatic rings. The Morgan fingerprint density at radius 2 is 1.49 bits per heavy atom. The molecule has 0 N–H and O–H groups in total. The van der Waals surface area contributed by atoms with Crippen molar-refractivity contribution < 1.29 is 27.4 Å². The first-order chi connectivity index (χ1) is 23.4. The largest absolute Gasteiger partial charge is 0.619 e. The molecule has 0 radical (unpaired) electrons. The van der Waals surface area contributed by atoms with Crippen molar-refractivity contribution in [2.75, 3.05) is 31.1 Å². The molecular weight excluding hydrogens is 629 g/mol. The first-order valence-corrected chi connectivity index (χ1v) is 16.9. The number of rotatable bonds is 8. The zero-order chi connectivity index (χ0) is 34.8. The monoisotopic (exact) mass is 672 g/mol. The smallest absolute Gasteiger partial charge is 0.573 e. The highest BCUT2D eigenvalue weighted by Gasteiger charge is 2.40. The van der Waals surface area contributed by atoms with E-state index in [4.69, 9.17) is 0 Å². The number of amides is 1. The van der Waals surface area contributed by atoms with E-state index in [1.165, 1.54) is 24.5 Å². The summed E-state index contributed by atoms with van der Waals surface area (Å²) >= 11 is 0. The van der Waals surface area contributed by atoms with E-state index in [-0.39, 0.29) is 23.2 Å². The van der Waals surface area contributed by atoms with Gasteiger partial charge in [-0.05, 0) is 98.5 Å². The molecule has 0 bridgehead atoms.